The molecule has 2 aromatic rings. The van der Waals surface area contributed by atoms with Gasteiger partial charge in [0.2, 0.25) is 0 Å². The number of anilines is 1. The third kappa shape index (κ3) is 3.11. The van der Waals surface area contributed by atoms with Gasteiger partial charge in [0.15, 0.2) is 14.9 Å². The number of nitrogens with one attached hydrogen (secondary N) is 2. The lowest BCUT2D eigenvalue weighted by molar-refractivity contribution is 0.597. The van der Waals surface area contributed by atoms with Crippen molar-refractivity contribution >= 4 is 37.1 Å². The molecule has 20 heavy (non-hydrogen) atoms. The smallest absolute Gasteiger partial charge is 0.279 e. The van der Waals surface area contributed by atoms with Crippen molar-refractivity contribution in [3.8, 4) is 0 Å². The van der Waals surface area contributed by atoms with Gasteiger partial charge >= 0.3 is 0 Å². The van der Waals surface area contributed by atoms with Crippen LogP contribution < -0.4 is 4.72 Å². The van der Waals surface area contributed by atoms with E-state index in [1.54, 1.807) is 0 Å². The number of aromatic amines is 1. The molecule has 0 saturated heterocycles. The molecule has 10 heteroatoms. The van der Waals surface area contributed by atoms with Crippen LogP contribution in [-0.2, 0) is 19.9 Å². The van der Waals surface area contributed by atoms with Crippen LogP contribution in [0, 0.1) is 0 Å². The van der Waals surface area contributed by atoms with Gasteiger partial charge in [0.25, 0.3) is 10.0 Å². The van der Waals surface area contributed by atoms with Crippen LogP contribution >= 0.6 is 11.6 Å². The first-order valence-corrected chi connectivity index (χ1v) is 8.96. The molecule has 0 bridgehead atoms. The van der Waals surface area contributed by atoms with Crippen LogP contribution in [0.15, 0.2) is 40.6 Å². The first-order chi connectivity index (χ1) is 9.20. The second-order valence-corrected chi connectivity index (χ2v) is 8.01. The highest BCUT2D eigenvalue weighted by atomic mass is 35.5. The average molecular weight is 336 g/mol. The number of aromatic nitrogens is 2. The number of benzene rings is 1. The minimum absolute atomic E-state index is 0.0239. The maximum atomic E-state index is 12.0. The largest absolute Gasteiger partial charge is 0.334 e. The number of nitrogens with zero attached hydrogens (tertiary/aromatic N) is 1. The molecule has 0 atom stereocenters. The summed E-state index contributed by atoms with van der Waals surface area (Å²) >= 11 is 5.87. The van der Waals surface area contributed by atoms with Gasteiger partial charge in [-0.15, -0.1) is 0 Å². The highest BCUT2D eigenvalue weighted by Gasteiger charge is 2.18. The lowest BCUT2D eigenvalue weighted by Gasteiger charge is -2.09. The Kier molecular flexibility index (Phi) is 3.76. The zero-order valence-electron chi connectivity index (χ0n) is 10.2. The van der Waals surface area contributed by atoms with Gasteiger partial charge in [-0.2, -0.15) is 8.42 Å². The number of sulfonamides is 1. The molecule has 0 fully saturated rings. The Labute approximate surface area is 121 Å². The van der Waals surface area contributed by atoms with E-state index in [-0.39, 0.29) is 20.6 Å². The number of halogens is 1. The third-order valence-electron chi connectivity index (χ3n) is 2.37. The van der Waals surface area contributed by atoms with Crippen LogP contribution in [0.5, 0.6) is 0 Å². The molecule has 0 radical (unpaired) electrons. The topological polar surface area (TPSA) is 109 Å². The molecule has 1 aromatic carbocycles. The first-order valence-electron chi connectivity index (χ1n) is 5.21. The molecule has 0 saturated carbocycles. The van der Waals surface area contributed by atoms with E-state index in [1.165, 1.54) is 18.5 Å². The van der Waals surface area contributed by atoms with Gasteiger partial charge in [0, 0.05) is 6.26 Å². The predicted molar refractivity (Wildman–Crippen MR) is 74.0 cm³/mol. The Bertz CT molecular complexity index is 829. The van der Waals surface area contributed by atoms with E-state index in [4.69, 9.17) is 11.6 Å². The van der Waals surface area contributed by atoms with Crippen molar-refractivity contribution < 1.29 is 16.8 Å². The monoisotopic (exact) mass is 335 g/mol. The summed E-state index contributed by atoms with van der Waals surface area (Å²) in [6.45, 7) is 0. The Hall–Kier alpha value is -1.58. The van der Waals surface area contributed by atoms with E-state index in [0.29, 0.717) is 0 Å². The van der Waals surface area contributed by atoms with Crippen molar-refractivity contribution in [3.63, 3.8) is 0 Å². The number of sulfone groups is 1. The molecule has 0 unspecified atom stereocenters. The van der Waals surface area contributed by atoms with Gasteiger partial charge in [-0.05, 0) is 18.2 Å². The number of hydrogen-bond acceptors (Lipinski definition) is 5. The van der Waals surface area contributed by atoms with E-state index in [9.17, 15) is 16.8 Å². The Balaban J connectivity index is 2.44. The third-order valence-corrected chi connectivity index (χ3v) is 5.10. The zero-order chi connectivity index (χ0) is 15.0. The standard InChI is InChI=1S/C10H10ClN3O4S2/c1-19(15,16)7-2-3-8(11)9(4-7)14-20(17,18)10-5-12-6-13-10/h2-6,14H,1H3,(H,12,13). The summed E-state index contributed by atoms with van der Waals surface area (Å²) in [5.74, 6) is 0. The molecule has 0 aliphatic heterocycles. The predicted octanol–water partition coefficient (Wildman–Crippen LogP) is 1.27. The molecule has 0 aliphatic rings. The summed E-state index contributed by atoms with van der Waals surface area (Å²) in [7, 11) is -7.37. The highest BCUT2D eigenvalue weighted by Crippen LogP contribution is 2.27. The molecule has 0 amide bonds. The van der Waals surface area contributed by atoms with Gasteiger partial charge in [0.05, 0.1) is 28.1 Å². The van der Waals surface area contributed by atoms with Crippen LogP contribution in [0.25, 0.3) is 0 Å². The van der Waals surface area contributed by atoms with Crippen molar-refractivity contribution in [1.82, 2.24) is 9.97 Å². The lowest BCUT2D eigenvalue weighted by atomic mass is 10.3. The summed E-state index contributed by atoms with van der Waals surface area (Å²) in [6, 6.07) is 3.76. The van der Waals surface area contributed by atoms with Crippen molar-refractivity contribution in [2.45, 2.75) is 9.92 Å². The summed E-state index contributed by atoms with van der Waals surface area (Å²) in [6.07, 6.45) is 3.35. The van der Waals surface area contributed by atoms with Crippen LogP contribution in [0.1, 0.15) is 0 Å². The minimum atomic E-state index is -3.90. The van der Waals surface area contributed by atoms with Crippen LogP contribution in [0.3, 0.4) is 0 Å². The van der Waals surface area contributed by atoms with Crippen molar-refractivity contribution in [3.05, 3.63) is 35.7 Å². The molecule has 0 spiro atoms. The van der Waals surface area contributed by atoms with Crippen LogP contribution in [-0.4, -0.2) is 33.1 Å². The number of hydrogen-bond donors (Lipinski definition) is 2. The molecule has 0 aliphatic carbocycles. The van der Waals surface area contributed by atoms with Crippen molar-refractivity contribution in [2.75, 3.05) is 11.0 Å². The Morgan fingerprint density at radius 2 is 1.95 bits per heavy atom. The quantitative estimate of drug-likeness (QED) is 0.874. The van der Waals surface area contributed by atoms with Gasteiger partial charge in [-0.3, -0.25) is 4.72 Å². The number of rotatable bonds is 4. The van der Waals surface area contributed by atoms with E-state index in [2.05, 4.69) is 14.7 Å². The van der Waals surface area contributed by atoms with Gasteiger partial charge in [-0.25, -0.2) is 13.4 Å². The normalized spacial score (nSPS) is 12.3. The molecular weight excluding hydrogens is 326 g/mol. The van der Waals surface area contributed by atoms with Crippen molar-refractivity contribution in [2.24, 2.45) is 0 Å². The molecule has 2 rings (SSSR count). The molecular formula is C10H10ClN3O4S2. The van der Waals surface area contributed by atoms with Crippen LogP contribution in [0.2, 0.25) is 5.02 Å². The van der Waals surface area contributed by atoms with Crippen molar-refractivity contribution in [1.29, 1.82) is 0 Å². The second kappa shape index (κ2) is 5.08. The maximum Gasteiger partial charge on any atom is 0.279 e. The molecule has 7 nitrogen and oxygen atoms in total. The first kappa shape index (κ1) is 14.8. The maximum absolute atomic E-state index is 12.0. The van der Waals surface area contributed by atoms with Gasteiger partial charge < -0.3 is 4.98 Å². The summed E-state index contributed by atoms with van der Waals surface area (Å²) in [4.78, 5) is 6.01. The van der Waals surface area contributed by atoms with E-state index in [0.717, 1.165) is 18.5 Å². The molecule has 108 valence electrons. The fraction of sp³-hybridized carbons (Fsp3) is 0.100. The lowest BCUT2D eigenvalue weighted by Crippen LogP contribution is -2.14. The fourth-order valence-corrected chi connectivity index (χ4v) is 3.25. The second-order valence-electron chi connectivity index (χ2n) is 3.94. The molecule has 2 N–H and O–H groups in total. The summed E-state index contributed by atoms with van der Waals surface area (Å²) < 4.78 is 49.1. The number of imidazole rings is 1. The van der Waals surface area contributed by atoms with E-state index >= 15 is 0 Å². The van der Waals surface area contributed by atoms with Gasteiger partial charge in [-0.1, -0.05) is 11.6 Å². The van der Waals surface area contributed by atoms with Crippen LogP contribution in [0.4, 0.5) is 5.69 Å². The highest BCUT2D eigenvalue weighted by molar-refractivity contribution is 7.92. The fourth-order valence-electron chi connectivity index (χ4n) is 1.40. The SMILES string of the molecule is CS(=O)(=O)c1ccc(Cl)c(NS(=O)(=O)c2cnc[nH]2)c1. The Morgan fingerprint density at radius 3 is 2.50 bits per heavy atom. The number of H-pyrrole nitrogens is 1. The summed E-state index contributed by atoms with van der Waals surface area (Å²) in [5, 5.41) is -0.0705. The minimum Gasteiger partial charge on any atom is -0.334 e. The molecule has 1 heterocycles. The average Bonchev–Trinajstić information content (AvgIpc) is 2.84. The zero-order valence-corrected chi connectivity index (χ0v) is 12.6. The van der Waals surface area contributed by atoms with Gasteiger partial charge in [0.1, 0.15) is 0 Å². The summed E-state index contributed by atoms with van der Waals surface area (Å²) in [5.41, 5.74) is -0.0239. The van der Waals surface area contributed by atoms with E-state index < -0.39 is 19.9 Å². The van der Waals surface area contributed by atoms with E-state index in [1.807, 2.05) is 0 Å². The Morgan fingerprint density at radius 1 is 1.25 bits per heavy atom. The molecule has 1 aromatic heterocycles.